The molecule has 0 bridgehead atoms. The van der Waals surface area contributed by atoms with Crippen molar-refractivity contribution >= 4 is 12.2 Å². The molecule has 1 fully saturated rings. The monoisotopic (exact) mass is 382 g/mol. The van der Waals surface area contributed by atoms with Crippen LogP contribution in [-0.4, -0.2) is 50.4 Å². The lowest BCUT2D eigenvalue weighted by molar-refractivity contribution is -0.123. The Balaban J connectivity index is 1.57. The van der Waals surface area contributed by atoms with Crippen LogP contribution in [0, 0.1) is 0 Å². The van der Waals surface area contributed by atoms with E-state index in [2.05, 4.69) is 16.3 Å². The van der Waals surface area contributed by atoms with Crippen LogP contribution in [-0.2, 0) is 4.79 Å². The molecule has 6 nitrogen and oxygen atoms in total. The molecule has 1 N–H and O–H groups in total. The average molecular weight is 382 g/mol. The van der Waals surface area contributed by atoms with Crippen molar-refractivity contribution in [1.82, 2.24) is 10.2 Å². The van der Waals surface area contributed by atoms with Gasteiger partial charge in [0.2, 0.25) is 0 Å². The van der Waals surface area contributed by atoms with Crippen LogP contribution in [0.1, 0.15) is 34.8 Å². The fourth-order valence-corrected chi connectivity index (χ4v) is 3.41. The number of nitrogens with zero attached hydrogens (tertiary/aromatic N) is 1. The summed E-state index contributed by atoms with van der Waals surface area (Å²) in [6.07, 6.45) is 3.12. The summed E-state index contributed by atoms with van der Waals surface area (Å²) in [6.45, 7) is 2.50. The Morgan fingerprint density at radius 3 is 2.57 bits per heavy atom. The van der Waals surface area contributed by atoms with E-state index < -0.39 is 0 Å². The first kappa shape index (κ1) is 19.9. The number of nitrogens with one attached hydrogen (secondary N) is 1. The molecule has 0 aromatic heterocycles. The Hall–Kier alpha value is -2.86. The SMILES string of the molecule is COc1cccc(C(CNC(=O)COc2ccc(C=O)cc2)N2CCCC2)c1. The molecular formula is C22H26N2O4. The average Bonchev–Trinajstić information content (AvgIpc) is 3.27. The zero-order valence-electron chi connectivity index (χ0n) is 16.1. The third-order valence-corrected chi connectivity index (χ3v) is 4.94. The van der Waals surface area contributed by atoms with Crippen molar-refractivity contribution in [3.63, 3.8) is 0 Å². The highest BCUT2D eigenvalue weighted by Crippen LogP contribution is 2.27. The molecule has 28 heavy (non-hydrogen) atoms. The smallest absolute Gasteiger partial charge is 0.258 e. The van der Waals surface area contributed by atoms with Gasteiger partial charge in [-0.1, -0.05) is 12.1 Å². The Labute approximate surface area is 165 Å². The zero-order chi connectivity index (χ0) is 19.8. The number of methoxy groups -OCH3 is 1. The van der Waals surface area contributed by atoms with Gasteiger partial charge in [0.05, 0.1) is 13.2 Å². The van der Waals surface area contributed by atoms with Gasteiger partial charge in [-0.25, -0.2) is 0 Å². The number of ether oxygens (including phenoxy) is 2. The number of aldehydes is 1. The second-order valence-electron chi connectivity index (χ2n) is 6.82. The predicted octanol–water partition coefficient (Wildman–Crippen LogP) is 2.84. The first-order chi connectivity index (χ1) is 13.7. The summed E-state index contributed by atoms with van der Waals surface area (Å²) in [5.41, 5.74) is 1.70. The molecule has 1 aliphatic rings. The van der Waals surface area contributed by atoms with Crippen molar-refractivity contribution < 1.29 is 19.1 Å². The highest BCUT2D eigenvalue weighted by molar-refractivity contribution is 5.77. The molecule has 0 saturated carbocycles. The predicted molar refractivity (Wildman–Crippen MR) is 107 cm³/mol. The molecule has 1 unspecified atom stereocenters. The fraction of sp³-hybridized carbons (Fsp3) is 0.364. The van der Waals surface area contributed by atoms with Crippen molar-refractivity contribution in [2.24, 2.45) is 0 Å². The minimum absolute atomic E-state index is 0.0642. The lowest BCUT2D eigenvalue weighted by Gasteiger charge is -2.28. The van der Waals surface area contributed by atoms with Crippen LogP contribution >= 0.6 is 0 Å². The third-order valence-electron chi connectivity index (χ3n) is 4.94. The lowest BCUT2D eigenvalue weighted by Crippen LogP contribution is -2.38. The summed E-state index contributed by atoms with van der Waals surface area (Å²) >= 11 is 0. The van der Waals surface area contributed by atoms with Crippen LogP contribution in [0.5, 0.6) is 11.5 Å². The first-order valence-corrected chi connectivity index (χ1v) is 9.52. The summed E-state index contributed by atoms with van der Waals surface area (Å²) < 4.78 is 10.9. The molecule has 1 amide bonds. The normalized spacial score (nSPS) is 15.0. The zero-order valence-corrected chi connectivity index (χ0v) is 16.1. The van der Waals surface area contributed by atoms with E-state index in [1.165, 1.54) is 12.8 Å². The second kappa shape index (κ2) is 9.90. The molecule has 3 rings (SSSR count). The van der Waals surface area contributed by atoms with Crippen LogP contribution in [0.3, 0.4) is 0 Å². The summed E-state index contributed by atoms with van der Waals surface area (Å²) in [7, 11) is 1.66. The second-order valence-corrected chi connectivity index (χ2v) is 6.82. The van der Waals surface area contributed by atoms with Crippen molar-refractivity contribution in [1.29, 1.82) is 0 Å². The summed E-state index contributed by atoms with van der Waals surface area (Å²) in [5, 5.41) is 2.99. The summed E-state index contributed by atoms with van der Waals surface area (Å²) in [4.78, 5) is 25.4. The van der Waals surface area contributed by atoms with Gasteiger partial charge in [-0.3, -0.25) is 14.5 Å². The van der Waals surface area contributed by atoms with E-state index in [0.29, 0.717) is 17.9 Å². The van der Waals surface area contributed by atoms with Gasteiger partial charge < -0.3 is 14.8 Å². The lowest BCUT2D eigenvalue weighted by atomic mass is 10.0. The number of rotatable bonds is 9. The summed E-state index contributed by atoms with van der Waals surface area (Å²) in [6, 6.07) is 14.8. The van der Waals surface area contributed by atoms with E-state index in [-0.39, 0.29) is 18.6 Å². The maximum absolute atomic E-state index is 12.3. The van der Waals surface area contributed by atoms with Crippen molar-refractivity contribution in [3.8, 4) is 11.5 Å². The first-order valence-electron chi connectivity index (χ1n) is 9.52. The molecule has 1 saturated heterocycles. The van der Waals surface area contributed by atoms with Crippen molar-refractivity contribution in [3.05, 3.63) is 59.7 Å². The molecule has 1 heterocycles. The molecule has 148 valence electrons. The van der Waals surface area contributed by atoms with Gasteiger partial charge in [0.25, 0.3) is 5.91 Å². The Kier molecular flexibility index (Phi) is 7.03. The molecule has 0 spiro atoms. The van der Waals surface area contributed by atoms with E-state index in [1.807, 2.05) is 18.2 Å². The Morgan fingerprint density at radius 2 is 1.89 bits per heavy atom. The Morgan fingerprint density at radius 1 is 1.14 bits per heavy atom. The number of likely N-dealkylation sites (tertiary alicyclic amines) is 1. The molecule has 0 aliphatic carbocycles. The van der Waals surface area contributed by atoms with Gasteiger partial charge in [-0.2, -0.15) is 0 Å². The maximum Gasteiger partial charge on any atom is 0.258 e. The largest absolute Gasteiger partial charge is 0.497 e. The van der Waals surface area contributed by atoms with Crippen LogP contribution < -0.4 is 14.8 Å². The number of carbonyl (C=O) groups is 2. The van der Waals surface area contributed by atoms with Gasteiger partial charge >= 0.3 is 0 Å². The minimum atomic E-state index is -0.174. The standard InChI is InChI=1S/C22H26N2O4/c1-27-20-6-4-5-18(13-20)21(24-11-2-3-12-24)14-23-22(26)16-28-19-9-7-17(15-25)8-10-19/h4-10,13,15,21H,2-3,11-12,14,16H2,1H3,(H,23,26). The highest BCUT2D eigenvalue weighted by atomic mass is 16.5. The quantitative estimate of drug-likeness (QED) is 0.676. The van der Waals surface area contributed by atoms with E-state index in [4.69, 9.17) is 9.47 Å². The number of hydrogen-bond acceptors (Lipinski definition) is 5. The third kappa shape index (κ3) is 5.33. The molecule has 6 heteroatoms. The van der Waals surface area contributed by atoms with Gasteiger partial charge in [-0.05, 0) is 67.9 Å². The molecule has 2 aromatic rings. The van der Waals surface area contributed by atoms with Crippen LogP contribution in [0.15, 0.2) is 48.5 Å². The van der Waals surface area contributed by atoms with Gasteiger partial charge in [0.15, 0.2) is 6.61 Å². The topological polar surface area (TPSA) is 67.9 Å². The minimum Gasteiger partial charge on any atom is -0.497 e. The van der Waals surface area contributed by atoms with Crippen molar-refractivity contribution in [2.45, 2.75) is 18.9 Å². The maximum atomic E-state index is 12.3. The molecule has 1 atom stereocenters. The van der Waals surface area contributed by atoms with E-state index in [0.717, 1.165) is 30.7 Å². The van der Waals surface area contributed by atoms with E-state index in [9.17, 15) is 9.59 Å². The number of amides is 1. The van der Waals surface area contributed by atoms with E-state index in [1.54, 1.807) is 31.4 Å². The number of hydrogen-bond donors (Lipinski definition) is 1. The number of benzene rings is 2. The molecule has 2 aromatic carbocycles. The van der Waals surface area contributed by atoms with Crippen LogP contribution in [0.25, 0.3) is 0 Å². The molecular weight excluding hydrogens is 356 g/mol. The van der Waals surface area contributed by atoms with Crippen molar-refractivity contribution in [2.75, 3.05) is 33.4 Å². The fourth-order valence-electron chi connectivity index (χ4n) is 3.41. The molecule has 1 aliphatic heterocycles. The van der Waals surface area contributed by atoms with Gasteiger partial charge in [0, 0.05) is 12.1 Å². The van der Waals surface area contributed by atoms with Crippen LogP contribution in [0.2, 0.25) is 0 Å². The van der Waals surface area contributed by atoms with Crippen LogP contribution in [0.4, 0.5) is 0 Å². The highest BCUT2D eigenvalue weighted by Gasteiger charge is 2.24. The van der Waals surface area contributed by atoms with Gasteiger partial charge in [-0.15, -0.1) is 0 Å². The van der Waals surface area contributed by atoms with E-state index >= 15 is 0 Å². The molecule has 0 radical (unpaired) electrons. The number of carbonyl (C=O) groups excluding carboxylic acids is 2. The van der Waals surface area contributed by atoms with Gasteiger partial charge in [0.1, 0.15) is 17.8 Å². The summed E-state index contributed by atoms with van der Waals surface area (Å²) in [5.74, 6) is 1.20. The Bertz CT molecular complexity index is 785.